The van der Waals surface area contributed by atoms with Gasteiger partial charge in [-0.1, -0.05) is 37.3 Å². The first-order valence-electron chi connectivity index (χ1n) is 5.11. The van der Waals surface area contributed by atoms with E-state index in [0.717, 1.165) is 6.42 Å². The fourth-order valence-corrected chi connectivity index (χ4v) is 1.63. The molecule has 0 aliphatic carbocycles. The molecule has 14 heavy (non-hydrogen) atoms. The minimum atomic E-state index is 0.199. The third-order valence-corrected chi connectivity index (χ3v) is 2.64. The van der Waals surface area contributed by atoms with Gasteiger partial charge in [-0.25, -0.2) is 0 Å². The van der Waals surface area contributed by atoms with E-state index in [2.05, 4.69) is 36.5 Å². The van der Waals surface area contributed by atoms with E-state index in [9.17, 15) is 0 Å². The average molecular weight is 193 g/mol. The lowest BCUT2D eigenvalue weighted by Crippen LogP contribution is -2.30. The van der Waals surface area contributed by atoms with Crippen molar-refractivity contribution < 1.29 is 5.11 Å². The van der Waals surface area contributed by atoms with Crippen LogP contribution in [0.15, 0.2) is 30.3 Å². The van der Waals surface area contributed by atoms with Gasteiger partial charge in [-0.05, 0) is 24.9 Å². The molecule has 1 aromatic carbocycles. The quantitative estimate of drug-likeness (QED) is 0.747. The van der Waals surface area contributed by atoms with Gasteiger partial charge in [-0.2, -0.15) is 0 Å². The highest BCUT2D eigenvalue weighted by atomic mass is 16.3. The maximum Gasteiger partial charge on any atom is 0.0584 e. The Balaban J connectivity index is 2.54. The number of nitrogens with one attached hydrogen (secondary N) is 1. The Kier molecular flexibility index (Phi) is 4.63. The van der Waals surface area contributed by atoms with Crippen molar-refractivity contribution in [2.24, 2.45) is 0 Å². The summed E-state index contributed by atoms with van der Waals surface area (Å²) in [5.74, 6) is 0.487. The maximum absolute atomic E-state index is 9.06. The molecule has 0 amide bonds. The molecule has 2 atom stereocenters. The zero-order valence-corrected chi connectivity index (χ0v) is 8.90. The van der Waals surface area contributed by atoms with Gasteiger partial charge in [0.1, 0.15) is 0 Å². The topological polar surface area (TPSA) is 32.3 Å². The predicted molar refractivity (Wildman–Crippen MR) is 59.4 cm³/mol. The van der Waals surface area contributed by atoms with Crippen LogP contribution in [-0.2, 0) is 0 Å². The van der Waals surface area contributed by atoms with Crippen LogP contribution in [0.3, 0.4) is 0 Å². The summed E-state index contributed by atoms with van der Waals surface area (Å²) in [7, 11) is 1.89. The van der Waals surface area contributed by atoms with Crippen molar-refractivity contribution in [2.45, 2.75) is 25.3 Å². The second-order valence-corrected chi connectivity index (χ2v) is 3.72. The van der Waals surface area contributed by atoms with Crippen LogP contribution in [-0.4, -0.2) is 24.8 Å². The van der Waals surface area contributed by atoms with Crippen LogP contribution >= 0.6 is 0 Å². The Morgan fingerprint density at radius 3 is 2.43 bits per heavy atom. The molecule has 0 spiro atoms. The van der Waals surface area contributed by atoms with Crippen LogP contribution in [0.1, 0.15) is 24.8 Å². The first kappa shape index (κ1) is 11.2. The Morgan fingerprint density at radius 1 is 1.29 bits per heavy atom. The van der Waals surface area contributed by atoms with E-state index >= 15 is 0 Å². The van der Waals surface area contributed by atoms with Gasteiger partial charge in [0.15, 0.2) is 0 Å². The minimum absolute atomic E-state index is 0.199. The summed E-state index contributed by atoms with van der Waals surface area (Å²) in [4.78, 5) is 0. The molecule has 0 saturated carbocycles. The monoisotopic (exact) mass is 193 g/mol. The third kappa shape index (κ3) is 3.13. The van der Waals surface area contributed by atoms with Crippen molar-refractivity contribution in [2.75, 3.05) is 13.7 Å². The number of benzene rings is 1. The van der Waals surface area contributed by atoms with Crippen LogP contribution in [0.5, 0.6) is 0 Å². The molecule has 2 N–H and O–H groups in total. The van der Waals surface area contributed by atoms with Crippen molar-refractivity contribution in [3.05, 3.63) is 35.9 Å². The lowest BCUT2D eigenvalue weighted by Gasteiger charge is -2.18. The molecule has 0 fully saturated rings. The van der Waals surface area contributed by atoms with Crippen LogP contribution in [0.2, 0.25) is 0 Å². The Morgan fingerprint density at radius 2 is 1.93 bits per heavy atom. The highest BCUT2D eigenvalue weighted by Crippen LogP contribution is 2.19. The van der Waals surface area contributed by atoms with E-state index in [1.54, 1.807) is 0 Å². The van der Waals surface area contributed by atoms with Gasteiger partial charge in [0.2, 0.25) is 0 Å². The highest BCUT2D eigenvalue weighted by Gasteiger charge is 2.11. The number of hydrogen-bond donors (Lipinski definition) is 2. The van der Waals surface area contributed by atoms with Gasteiger partial charge < -0.3 is 10.4 Å². The van der Waals surface area contributed by atoms with Crippen LogP contribution in [0, 0.1) is 0 Å². The summed E-state index contributed by atoms with van der Waals surface area (Å²) in [6.45, 7) is 2.39. The first-order valence-corrected chi connectivity index (χ1v) is 5.11. The van der Waals surface area contributed by atoms with E-state index < -0.39 is 0 Å². The first-order chi connectivity index (χ1) is 6.77. The molecule has 0 saturated heterocycles. The zero-order chi connectivity index (χ0) is 10.4. The molecule has 1 rings (SSSR count). The summed E-state index contributed by atoms with van der Waals surface area (Å²) in [6, 6.07) is 10.6. The highest BCUT2D eigenvalue weighted by molar-refractivity contribution is 5.18. The van der Waals surface area contributed by atoms with Gasteiger partial charge in [0, 0.05) is 6.04 Å². The Labute approximate surface area is 86.0 Å². The Bertz CT molecular complexity index is 244. The fourth-order valence-electron chi connectivity index (χ4n) is 1.63. The van der Waals surface area contributed by atoms with Crippen LogP contribution in [0.4, 0.5) is 0 Å². The van der Waals surface area contributed by atoms with Gasteiger partial charge >= 0.3 is 0 Å². The number of hydrogen-bond acceptors (Lipinski definition) is 2. The summed E-state index contributed by atoms with van der Waals surface area (Å²) in [6.07, 6.45) is 0.969. The van der Waals surface area contributed by atoms with Gasteiger partial charge in [-0.3, -0.25) is 0 Å². The predicted octanol–water partition coefficient (Wildman–Crippen LogP) is 1.76. The van der Waals surface area contributed by atoms with Gasteiger partial charge in [0.25, 0.3) is 0 Å². The molecule has 2 nitrogen and oxygen atoms in total. The smallest absolute Gasteiger partial charge is 0.0584 e. The number of rotatable bonds is 5. The van der Waals surface area contributed by atoms with Crippen LogP contribution < -0.4 is 5.32 Å². The number of likely N-dealkylation sites (N-methyl/N-ethyl adjacent to an activating group) is 1. The normalized spacial score (nSPS) is 15.1. The van der Waals surface area contributed by atoms with Crippen molar-refractivity contribution in [1.82, 2.24) is 5.32 Å². The maximum atomic E-state index is 9.06. The van der Waals surface area contributed by atoms with Gasteiger partial charge in [-0.15, -0.1) is 0 Å². The molecular weight excluding hydrogens is 174 g/mol. The van der Waals surface area contributed by atoms with Crippen molar-refractivity contribution >= 4 is 0 Å². The summed E-state index contributed by atoms with van der Waals surface area (Å²) < 4.78 is 0. The largest absolute Gasteiger partial charge is 0.395 e. The molecule has 0 radical (unpaired) electrons. The molecule has 0 aromatic heterocycles. The standard InChI is InChI=1S/C12H19NO/c1-10(8-12(9-14)13-2)11-6-4-3-5-7-11/h3-7,10,12-14H,8-9H2,1-2H3. The van der Waals surface area contributed by atoms with Gasteiger partial charge in [0.05, 0.1) is 6.61 Å². The summed E-state index contributed by atoms with van der Waals surface area (Å²) >= 11 is 0. The second kappa shape index (κ2) is 5.78. The molecule has 0 bridgehead atoms. The molecule has 0 aliphatic rings. The van der Waals surface area contributed by atoms with Crippen LogP contribution in [0.25, 0.3) is 0 Å². The second-order valence-electron chi connectivity index (χ2n) is 3.72. The SMILES string of the molecule is CNC(CO)CC(C)c1ccccc1. The summed E-state index contributed by atoms with van der Waals surface area (Å²) in [5, 5.41) is 12.2. The summed E-state index contributed by atoms with van der Waals surface area (Å²) in [5.41, 5.74) is 1.33. The lowest BCUT2D eigenvalue weighted by molar-refractivity contribution is 0.237. The fraction of sp³-hybridized carbons (Fsp3) is 0.500. The lowest BCUT2D eigenvalue weighted by atomic mass is 9.94. The van der Waals surface area contributed by atoms with Crippen molar-refractivity contribution in [3.63, 3.8) is 0 Å². The Hall–Kier alpha value is -0.860. The average Bonchev–Trinajstić information content (AvgIpc) is 2.26. The van der Waals surface area contributed by atoms with E-state index in [4.69, 9.17) is 5.11 Å². The number of aliphatic hydroxyl groups excluding tert-OH is 1. The molecule has 2 heteroatoms. The molecule has 0 aliphatic heterocycles. The van der Waals surface area contributed by atoms with Crippen molar-refractivity contribution in [1.29, 1.82) is 0 Å². The van der Waals surface area contributed by atoms with E-state index in [0.29, 0.717) is 5.92 Å². The number of aliphatic hydroxyl groups is 1. The molecule has 2 unspecified atom stereocenters. The van der Waals surface area contributed by atoms with Crippen molar-refractivity contribution in [3.8, 4) is 0 Å². The van der Waals surface area contributed by atoms with E-state index in [-0.39, 0.29) is 12.6 Å². The molecule has 1 aromatic rings. The van der Waals surface area contributed by atoms with E-state index in [1.165, 1.54) is 5.56 Å². The third-order valence-electron chi connectivity index (χ3n) is 2.64. The molecule has 0 heterocycles. The zero-order valence-electron chi connectivity index (χ0n) is 8.90. The molecule has 78 valence electrons. The molecular formula is C12H19NO. The van der Waals surface area contributed by atoms with E-state index in [1.807, 2.05) is 13.1 Å². The minimum Gasteiger partial charge on any atom is -0.395 e.